The largest absolute Gasteiger partial charge is 0.467 e. The molecule has 0 radical (unpaired) electrons. The average molecular weight is 351 g/mol. The van der Waals surface area contributed by atoms with Crippen LogP contribution in [0.3, 0.4) is 0 Å². The van der Waals surface area contributed by atoms with E-state index in [1.54, 1.807) is 6.26 Å². The molecule has 0 bridgehead atoms. The highest BCUT2D eigenvalue weighted by atomic mass is 16.3. The van der Waals surface area contributed by atoms with Crippen molar-refractivity contribution in [3.63, 3.8) is 0 Å². The van der Waals surface area contributed by atoms with Gasteiger partial charge in [0.1, 0.15) is 5.76 Å². The summed E-state index contributed by atoms with van der Waals surface area (Å²) in [6, 6.07) is 3.86. The first kappa shape index (κ1) is 18.6. The molecule has 0 spiro atoms. The zero-order valence-electron chi connectivity index (χ0n) is 16.6. The van der Waals surface area contributed by atoms with Crippen LogP contribution < -0.4 is 0 Å². The average Bonchev–Trinajstić information content (AvgIpc) is 3.04. The summed E-state index contributed by atoms with van der Waals surface area (Å²) in [5.74, 6) is 2.11. The van der Waals surface area contributed by atoms with Gasteiger partial charge in [0.25, 0.3) is 0 Å². The van der Waals surface area contributed by atoms with Crippen molar-refractivity contribution in [2.75, 3.05) is 0 Å². The number of furan rings is 1. The Kier molecular flexibility index (Phi) is 5.45. The Morgan fingerprint density at radius 3 is 2.62 bits per heavy atom. The first-order valence-corrected chi connectivity index (χ1v) is 9.63. The van der Waals surface area contributed by atoms with Crippen LogP contribution in [-0.4, -0.2) is 17.0 Å². The molecule has 0 saturated heterocycles. The van der Waals surface area contributed by atoms with Crippen molar-refractivity contribution in [1.29, 1.82) is 0 Å². The zero-order valence-corrected chi connectivity index (χ0v) is 16.6. The molecule has 0 aromatic carbocycles. The van der Waals surface area contributed by atoms with Crippen LogP contribution in [0.4, 0.5) is 0 Å². The summed E-state index contributed by atoms with van der Waals surface area (Å²) >= 11 is 0. The van der Waals surface area contributed by atoms with E-state index in [4.69, 9.17) is 14.4 Å². The lowest BCUT2D eigenvalue weighted by molar-refractivity contribution is 0.436. The number of allylic oxidation sites excluding steroid dienone is 5. The van der Waals surface area contributed by atoms with Gasteiger partial charge in [-0.3, -0.25) is 9.98 Å². The highest BCUT2D eigenvalue weighted by Gasteiger charge is 2.30. The monoisotopic (exact) mass is 350 g/mol. The smallest absolute Gasteiger partial charge is 0.125 e. The third-order valence-electron chi connectivity index (χ3n) is 4.63. The topological polar surface area (TPSA) is 37.9 Å². The predicted molar refractivity (Wildman–Crippen MR) is 110 cm³/mol. The van der Waals surface area contributed by atoms with Crippen molar-refractivity contribution in [2.24, 2.45) is 21.8 Å². The molecule has 1 unspecified atom stereocenters. The van der Waals surface area contributed by atoms with Crippen molar-refractivity contribution in [3.05, 3.63) is 59.6 Å². The van der Waals surface area contributed by atoms with Gasteiger partial charge in [0, 0.05) is 5.57 Å². The van der Waals surface area contributed by atoms with Crippen LogP contribution in [0.5, 0.6) is 0 Å². The van der Waals surface area contributed by atoms with Crippen LogP contribution in [0.1, 0.15) is 53.2 Å². The molecule has 138 valence electrons. The van der Waals surface area contributed by atoms with Gasteiger partial charge in [-0.25, -0.2) is 0 Å². The predicted octanol–water partition coefficient (Wildman–Crippen LogP) is 5.95. The molecular weight excluding hydrogens is 320 g/mol. The third kappa shape index (κ3) is 4.51. The van der Waals surface area contributed by atoms with E-state index < -0.39 is 0 Å². The van der Waals surface area contributed by atoms with Gasteiger partial charge in [0.05, 0.1) is 29.8 Å². The Hall–Kier alpha value is -2.16. The van der Waals surface area contributed by atoms with E-state index in [0.29, 0.717) is 18.4 Å². The number of nitrogens with zero attached hydrogens (tertiary/aromatic N) is 2. The van der Waals surface area contributed by atoms with Crippen LogP contribution in [0.2, 0.25) is 0 Å². The van der Waals surface area contributed by atoms with Crippen molar-refractivity contribution in [2.45, 2.75) is 59.5 Å². The molecule has 0 N–H and O–H groups in total. The Morgan fingerprint density at radius 1 is 1.15 bits per heavy atom. The minimum Gasteiger partial charge on any atom is -0.467 e. The van der Waals surface area contributed by atoms with E-state index in [1.165, 1.54) is 11.1 Å². The Bertz CT molecular complexity index is 788. The molecule has 1 aromatic rings. The number of dihydropyridines is 1. The lowest BCUT2D eigenvalue weighted by Gasteiger charge is -2.33. The lowest BCUT2D eigenvalue weighted by atomic mass is 9.80. The summed E-state index contributed by atoms with van der Waals surface area (Å²) in [6.07, 6.45) is 12.6. The SMILES string of the molecule is CC(C)CC1=CC(C)(CC(C)C)N=C2C=CC(=NCc3ccco3)C=C12. The fraction of sp³-hybridized carbons (Fsp3) is 0.478. The second-order valence-corrected chi connectivity index (χ2v) is 8.43. The van der Waals surface area contributed by atoms with Gasteiger partial charge in [-0.2, -0.15) is 0 Å². The molecule has 1 atom stereocenters. The molecule has 0 amide bonds. The highest BCUT2D eigenvalue weighted by Crippen LogP contribution is 2.35. The quantitative estimate of drug-likeness (QED) is 0.584. The molecule has 1 aromatic heterocycles. The van der Waals surface area contributed by atoms with Crippen LogP contribution in [0.25, 0.3) is 0 Å². The number of hydrogen-bond donors (Lipinski definition) is 0. The summed E-state index contributed by atoms with van der Waals surface area (Å²) < 4.78 is 5.38. The van der Waals surface area contributed by atoms with Gasteiger partial charge < -0.3 is 4.42 Å². The Balaban J connectivity index is 1.91. The van der Waals surface area contributed by atoms with Crippen LogP contribution >= 0.6 is 0 Å². The standard InChI is InChI=1S/C23H30N2O/c1-16(2)11-18-14-23(5,13-17(3)4)25-22-9-8-19(12-21(18)22)24-15-20-7-6-10-26-20/h6-10,12,14,16-17H,11,13,15H2,1-5H3. The minimum atomic E-state index is -0.113. The summed E-state index contributed by atoms with van der Waals surface area (Å²) in [7, 11) is 0. The van der Waals surface area contributed by atoms with Crippen LogP contribution in [0, 0.1) is 11.8 Å². The van der Waals surface area contributed by atoms with Crippen molar-refractivity contribution >= 4 is 11.4 Å². The van der Waals surface area contributed by atoms with Crippen LogP contribution in [0.15, 0.2) is 68.2 Å². The minimum absolute atomic E-state index is 0.113. The first-order chi connectivity index (χ1) is 12.3. The van der Waals surface area contributed by atoms with E-state index in [-0.39, 0.29) is 5.54 Å². The highest BCUT2D eigenvalue weighted by molar-refractivity contribution is 6.23. The van der Waals surface area contributed by atoms with Gasteiger partial charge in [0.15, 0.2) is 0 Å². The first-order valence-electron chi connectivity index (χ1n) is 9.63. The van der Waals surface area contributed by atoms with E-state index in [1.807, 2.05) is 12.1 Å². The maximum atomic E-state index is 5.38. The normalized spacial score (nSPS) is 24.0. The number of aliphatic imine (C=N–C) groups is 2. The van der Waals surface area contributed by atoms with Crippen molar-refractivity contribution < 1.29 is 4.42 Å². The Labute approximate surface area is 157 Å². The molecule has 3 nitrogen and oxygen atoms in total. The summed E-state index contributed by atoms with van der Waals surface area (Å²) in [5.41, 5.74) is 4.61. The second kappa shape index (κ2) is 7.61. The molecular formula is C23H30N2O. The van der Waals surface area contributed by atoms with Gasteiger partial charge in [-0.1, -0.05) is 33.8 Å². The number of fused-ring (bicyclic) bond motifs is 1. The third-order valence-corrected chi connectivity index (χ3v) is 4.63. The number of rotatable bonds is 6. The summed E-state index contributed by atoms with van der Waals surface area (Å²) in [5, 5.41) is 0. The molecule has 0 saturated carbocycles. The Morgan fingerprint density at radius 2 is 1.96 bits per heavy atom. The summed E-state index contributed by atoms with van der Waals surface area (Å²) in [4.78, 5) is 9.78. The van der Waals surface area contributed by atoms with E-state index in [9.17, 15) is 0 Å². The van der Waals surface area contributed by atoms with Crippen molar-refractivity contribution in [1.82, 2.24) is 0 Å². The molecule has 1 aliphatic heterocycles. The van der Waals surface area contributed by atoms with E-state index >= 15 is 0 Å². The van der Waals surface area contributed by atoms with Gasteiger partial charge in [-0.05, 0) is 67.5 Å². The lowest BCUT2D eigenvalue weighted by Crippen LogP contribution is -2.30. The van der Waals surface area contributed by atoms with E-state index in [2.05, 4.69) is 58.9 Å². The van der Waals surface area contributed by atoms with Gasteiger partial charge >= 0.3 is 0 Å². The fourth-order valence-corrected chi connectivity index (χ4v) is 3.85. The molecule has 0 fully saturated rings. The maximum absolute atomic E-state index is 5.38. The van der Waals surface area contributed by atoms with Gasteiger partial charge in [0.2, 0.25) is 0 Å². The molecule has 3 heteroatoms. The molecule has 26 heavy (non-hydrogen) atoms. The van der Waals surface area contributed by atoms with E-state index in [0.717, 1.165) is 30.0 Å². The maximum Gasteiger partial charge on any atom is 0.125 e. The zero-order chi connectivity index (χ0) is 18.7. The molecule has 2 heterocycles. The summed E-state index contributed by atoms with van der Waals surface area (Å²) in [6.45, 7) is 11.9. The fourth-order valence-electron chi connectivity index (χ4n) is 3.85. The number of hydrogen-bond acceptors (Lipinski definition) is 3. The molecule has 1 aliphatic carbocycles. The van der Waals surface area contributed by atoms with Crippen LogP contribution in [-0.2, 0) is 6.54 Å². The molecule has 2 aliphatic rings. The molecule has 3 rings (SSSR count). The second-order valence-electron chi connectivity index (χ2n) is 8.43. The van der Waals surface area contributed by atoms with Gasteiger partial charge in [-0.15, -0.1) is 0 Å². The van der Waals surface area contributed by atoms with Crippen molar-refractivity contribution in [3.8, 4) is 0 Å².